The van der Waals surface area contributed by atoms with Crippen LogP contribution in [0.2, 0.25) is 5.02 Å². The highest BCUT2D eigenvalue weighted by atomic mass is 35.5. The zero-order valence-electron chi connectivity index (χ0n) is 11.8. The molecule has 0 unspecified atom stereocenters. The summed E-state index contributed by atoms with van der Waals surface area (Å²) < 4.78 is 26.7. The monoisotopic (exact) mass is 344 g/mol. The molecular weight excluding hydrogens is 328 g/mol. The van der Waals surface area contributed by atoms with E-state index in [0.29, 0.717) is 16.5 Å². The molecule has 0 atom stereocenters. The number of halogens is 1. The molecule has 1 aromatic heterocycles. The smallest absolute Gasteiger partial charge is 0.244 e. The summed E-state index contributed by atoms with van der Waals surface area (Å²) in [4.78, 5) is 1.17. The van der Waals surface area contributed by atoms with E-state index in [1.807, 2.05) is 18.2 Å². The van der Waals surface area contributed by atoms with E-state index in [1.165, 1.54) is 15.6 Å². The summed E-state index contributed by atoms with van der Waals surface area (Å²) in [6.07, 6.45) is 0. The summed E-state index contributed by atoms with van der Waals surface area (Å²) in [6.45, 7) is 0.781. The van der Waals surface area contributed by atoms with Gasteiger partial charge in [0.2, 0.25) is 10.0 Å². The Morgan fingerprint density at radius 2 is 2.00 bits per heavy atom. The maximum absolute atomic E-state index is 12.7. The lowest BCUT2D eigenvalue weighted by Crippen LogP contribution is -2.27. The number of thiophene rings is 1. The molecule has 0 fully saturated rings. The molecule has 0 saturated heterocycles. The average Bonchev–Trinajstić information content (AvgIpc) is 2.90. The second kappa shape index (κ2) is 6.89. The molecule has 0 aliphatic heterocycles. The van der Waals surface area contributed by atoms with E-state index in [-0.39, 0.29) is 6.54 Å². The second-order valence-electron chi connectivity index (χ2n) is 4.59. The van der Waals surface area contributed by atoms with E-state index < -0.39 is 10.0 Å². The SMILES string of the molecule is CNCc1sccc1S(=O)(=O)N(C)Cc1ccccc1Cl. The topological polar surface area (TPSA) is 49.4 Å². The molecule has 0 aliphatic rings. The van der Waals surface area contributed by atoms with Gasteiger partial charge >= 0.3 is 0 Å². The van der Waals surface area contributed by atoms with Gasteiger partial charge in [-0.3, -0.25) is 0 Å². The van der Waals surface area contributed by atoms with Crippen molar-refractivity contribution in [1.82, 2.24) is 9.62 Å². The van der Waals surface area contributed by atoms with Gasteiger partial charge < -0.3 is 5.32 Å². The summed E-state index contributed by atoms with van der Waals surface area (Å²) >= 11 is 7.53. The normalized spacial score (nSPS) is 12.0. The largest absolute Gasteiger partial charge is 0.315 e. The van der Waals surface area contributed by atoms with Gasteiger partial charge in [-0.1, -0.05) is 29.8 Å². The van der Waals surface area contributed by atoms with Crippen molar-refractivity contribution in [2.24, 2.45) is 0 Å². The average molecular weight is 345 g/mol. The number of hydrogen-bond acceptors (Lipinski definition) is 4. The number of nitrogens with zero attached hydrogens (tertiary/aromatic N) is 1. The number of nitrogens with one attached hydrogen (secondary N) is 1. The highest BCUT2D eigenvalue weighted by molar-refractivity contribution is 7.89. The Bertz CT molecular complexity index is 713. The highest BCUT2D eigenvalue weighted by Gasteiger charge is 2.25. The summed E-state index contributed by atoms with van der Waals surface area (Å²) in [5, 5.41) is 5.35. The van der Waals surface area contributed by atoms with Gasteiger partial charge in [-0.15, -0.1) is 11.3 Å². The van der Waals surface area contributed by atoms with Gasteiger partial charge in [-0.25, -0.2) is 8.42 Å². The zero-order chi connectivity index (χ0) is 15.5. The lowest BCUT2D eigenvalue weighted by molar-refractivity contribution is 0.466. The van der Waals surface area contributed by atoms with Crippen LogP contribution in [0.25, 0.3) is 0 Å². The Morgan fingerprint density at radius 1 is 1.29 bits per heavy atom. The number of benzene rings is 1. The van der Waals surface area contributed by atoms with Crippen LogP contribution in [0, 0.1) is 0 Å². The molecule has 1 N–H and O–H groups in total. The third-order valence-corrected chi connectivity index (χ3v) is 6.39. The third kappa shape index (κ3) is 3.64. The summed E-state index contributed by atoms with van der Waals surface area (Å²) in [5.41, 5.74) is 0.788. The van der Waals surface area contributed by atoms with Crippen molar-refractivity contribution < 1.29 is 8.42 Å². The maximum atomic E-state index is 12.7. The van der Waals surface area contributed by atoms with Crippen molar-refractivity contribution in [3.63, 3.8) is 0 Å². The first-order chi connectivity index (χ1) is 9.96. The first-order valence-corrected chi connectivity index (χ1v) is 9.07. The minimum absolute atomic E-state index is 0.247. The van der Waals surface area contributed by atoms with Crippen LogP contribution in [0.15, 0.2) is 40.6 Å². The van der Waals surface area contributed by atoms with Gasteiger partial charge in [0.15, 0.2) is 0 Å². The van der Waals surface area contributed by atoms with Crippen LogP contribution in [0.5, 0.6) is 0 Å². The number of sulfonamides is 1. The highest BCUT2D eigenvalue weighted by Crippen LogP contribution is 2.26. The van der Waals surface area contributed by atoms with Crippen LogP contribution < -0.4 is 5.32 Å². The zero-order valence-corrected chi connectivity index (χ0v) is 14.2. The molecule has 1 aromatic carbocycles. The van der Waals surface area contributed by atoms with E-state index in [4.69, 9.17) is 11.6 Å². The minimum atomic E-state index is -3.52. The molecule has 114 valence electrons. The lowest BCUT2D eigenvalue weighted by Gasteiger charge is -2.18. The third-order valence-electron chi connectivity index (χ3n) is 3.08. The van der Waals surface area contributed by atoms with Gasteiger partial charge in [0.05, 0.1) is 4.90 Å². The van der Waals surface area contributed by atoms with Gasteiger partial charge in [0.25, 0.3) is 0 Å². The Balaban J connectivity index is 2.27. The summed E-state index contributed by atoms with van der Waals surface area (Å²) in [5.74, 6) is 0. The number of rotatable bonds is 6. The molecule has 0 spiro atoms. The number of hydrogen-bond donors (Lipinski definition) is 1. The molecule has 2 rings (SSSR count). The Labute approximate surface area is 134 Å². The lowest BCUT2D eigenvalue weighted by atomic mass is 10.2. The van der Waals surface area contributed by atoms with Crippen molar-refractivity contribution >= 4 is 33.0 Å². The molecule has 1 heterocycles. The molecule has 0 aliphatic carbocycles. The summed E-state index contributed by atoms with van der Waals surface area (Å²) in [7, 11) is -0.154. The quantitative estimate of drug-likeness (QED) is 0.876. The minimum Gasteiger partial charge on any atom is -0.315 e. The first kappa shape index (κ1) is 16.5. The van der Waals surface area contributed by atoms with Crippen LogP contribution in [-0.2, 0) is 23.1 Å². The van der Waals surface area contributed by atoms with Crippen LogP contribution in [-0.4, -0.2) is 26.8 Å². The van der Waals surface area contributed by atoms with Crippen LogP contribution in [0.1, 0.15) is 10.4 Å². The Hall–Kier alpha value is -0.920. The molecule has 0 amide bonds. The van der Waals surface area contributed by atoms with E-state index in [1.54, 1.807) is 31.6 Å². The standard InChI is InChI=1S/C14H17ClN2O2S2/c1-16-9-13-14(7-8-20-13)21(18,19)17(2)10-11-5-3-4-6-12(11)15/h3-8,16H,9-10H2,1-2H3. The second-order valence-corrected chi connectivity index (χ2v) is 8.01. The van der Waals surface area contributed by atoms with Crippen LogP contribution in [0.4, 0.5) is 0 Å². The molecule has 0 radical (unpaired) electrons. The molecular formula is C14H17ClN2O2S2. The van der Waals surface area contributed by atoms with Gasteiger partial charge in [-0.2, -0.15) is 4.31 Å². The van der Waals surface area contributed by atoms with Crippen molar-refractivity contribution in [2.45, 2.75) is 18.0 Å². The van der Waals surface area contributed by atoms with Gasteiger partial charge in [-0.05, 0) is 30.1 Å². The van der Waals surface area contributed by atoms with E-state index >= 15 is 0 Å². The van der Waals surface area contributed by atoms with Crippen molar-refractivity contribution in [2.75, 3.05) is 14.1 Å². The fourth-order valence-electron chi connectivity index (χ4n) is 1.97. The van der Waals surface area contributed by atoms with E-state index in [2.05, 4.69) is 5.32 Å². The van der Waals surface area contributed by atoms with E-state index in [9.17, 15) is 8.42 Å². The van der Waals surface area contributed by atoms with E-state index in [0.717, 1.165) is 10.4 Å². The first-order valence-electron chi connectivity index (χ1n) is 6.37. The predicted octanol–water partition coefficient (Wildman–Crippen LogP) is 2.94. The maximum Gasteiger partial charge on any atom is 0.244 e. The fraction of sp³-hybridized carbons (Fsp3) is 0.286. The van der Waals surface area contributed by atoms with Crippen molar-refractivity contribution in [1.29, 1.82) is 0 Å². The van der Waals surface area contributed by atoms with Crippen molar-refractivity contribution in [3.8, 4) is 0 Å². The van der Waals surface area contributed by atoms with Gasteiger partial charge in [0, 0.05) is 30.0 Å². The van der Waals surface area contributed by atoms with Crippen LogP contribution in [0.3, 0.4) is 0 Å². The molecule has 4 nitrogen and oxygen atoms in total. The molecule has 0 saturated carbocycles. The molecule has 7 heteroatoms. The molecule has 0 bridgehead atoms. The van der Waals surface area contributed by atoms with Gasteiger partial charge in [0.1, 0.15) is 0 Å². The summed E-state index contributed by atoms with van der Waals surface area (Å²) in [6, 6.07) is 8.91. The Kier molecular flexibility index (Phi) is 5.40. The Morgan fingerprint density at radius 3 is 2.67 bits per heavy atom. The molecule has 21 heavy (non-hydrogen) atoms. The molecule has 2 aromatic rings. The predicted molar refractivity (Wildman–Crippen MR) is 87.2 cm³/mol. The fourth-order valence-corrected chi connectivity index (χ4v) is 4.73. The van der Waals surface area contributed by atoms with Crippen molar-refractivity contribution in [3.05, 3.63) is 51.2 Å². The van der Waals surface area contributed by atoms with Crippen LogP contribution >= 0.6 is 22.9 Å².